The smallest absolute Gasteiger partial charge is 0.195 e. The number of pyridine rings is 1. The standard InChI is InChI=1S/C8H7Cl2N3OS/c9-5-3-6(10)7-11-12-8(13(7)4-5)15-2-1-14/h3-4,14H,1-2H2. The van der Waals surface area contributed by atoms with Crippen LogP contribution in [0.2, 0.25) is 10.0 Å². The van der Waals surface area contributed by atoms with Crippen molar-refractivity contribution in [1.29, 1.82) is 0 Å². The molecule has 2 aromatic heterocycles. The first-order valence-electron chi connectivity index (χ1n) is 4.16. The summed E-state index contributed by atoms with van der Waals surface area (Å²) in [5.41, 5.74) is 0.571. The van der Waals surface area contributed by atoms with Gasteiger partial charge in [-0.25, -0.2) is 0 Å². The second-order valence-electron chi connectivity index (χ2n) is 2.75. The van der Waals surface area contributed by atoms with Crippen LogP contribution >= 0.6 is 35.0 Å². The number of fused-ring (bicyclic) bond motifs is 1. The molecule has 4 nitrogen and oxygen atoms in total. The number of aromatic nitrogens is 3. The van der Waals surface area contributed by atoms with E-state index in [0.29, 0.717) is 26.6 Å². The Labute approximate surface area is 100 Å². The summed E-state index contributed by atoms with van der Waals surface area (Å²) in [6, 6.07) is 1.62. The van der Waals surface area contributed by atoms with Crippen LogP contribution in [-0.4, -0.2) is 32.1 Å². The third-order valence-corrected chi connectivity index (χ3v) is 3.13. The molecule has 0 saturated carbocycles. The molecular weight excluding hydrogens is 257 g/mol. The second kappa shape index (κ2) is 4.57. The normalized spacial score (nSPS) is 11.1. The van der Waals surface area contributed by atoms with Gasteiger partial charge in [-0.3, -0.25) is 4.40 Å². The number of aliphatic hydroxyl groups excluding tert-OH is 1. The number of nitrogens with zero attached hydrogens (tertiary/aromatic N) is 3. The van der Waals surface area contributed by atoms with Gasteiger partial charge in [0.25, 0.3) is 0 Å². The predicted molar refractivity (Wildman–Crippen MR) is 60.8 cm³/mol. The summed E-state index contributed by atoms with van der Waals surface area (Å²) >= 11 is 13.2. The zero-order valence-electron chi connectivity index (χ0n) is 7.52. The van der Waals surface area contributed by atoms with Gasteiger partial charge in [-0.1, -0.05) is 35.0 Å². The van der Waals surface area contributed by atoms with Crippen LogP contribution < -0.4 is 0 Å². The van der Waals surface area contributed by atoms with E-state index in [-0.39, 0.29) is 6.61 Å². The summed E-state index contributed by atoms with van der Waals surface area (Å²) in [7, 11) is 0. The lowest BCUT2D eigenvalue weighted by Gasteiger charge is -1.99. The Morgan fingerprint density at radius 2 is 2.20 bits per heavy atom. The predicted octanol–water partition coefficient (Wildman–Crippen LogP) is 2.12. The highest BCUT2D eigenvalue weighted by atomic mass is 35.5. The first-order valence-corrected chi connectivity index (χ1v) is 5.90. The third kappa shape index (κ3) is 2.20. The Kier molecular flexibility index (Phi) is 3.35. The number of aliphatic hydroxyl groups is 1. The van der Waals surface area contributed by atoms with E-state index in [1.165, 1.54) is 11.8 Å². The van der Waals surface area contributed by atoms with Crippen molar-refractivity contribution in [3.8, 4) is 0 Å². The summed E-state index contributed by atoms with van der Waals surface area (Å²) in [4.78, 5) is 0. The van der Waals surface area contributed by atoms with E-state index in [4.69, 9.17) is 28.3 Å². The van der Waals surface area contributed by atoms with E-state index in [9.17, 15) is 0 Å². The van der Waals surface area contributed by atoms with E-state index in [0.717, 1.165) is 0 Å². The molecular formula is C8H7Cl2N3OS. The molecule has 2 rings (SSSR count). The molecule has 1 N–H and O–H groups in total. The Bertz CT molecular complexity index is 488. The van der Waals surface area contributed by atoms with Crippen molar-refractivity contribution in [2.24, 2.45) is 0 Å². The van der Waals surface area contributed by atoms with Crippen molar-refractivity contribution in [1.82, 2.24) is 14.6 Å². The van der Waals surface area contributed by atoms with Gasteiger partial charge in [-0.2, -0.15) is 0 Å². The van der Waals surface area contributed by atoms with Crippen molar-refractivity contribution < 1.29 is 5.11 Å². The van der Waals surface area contributed by atoms with Gasteiger partial charge in [-0.15, -0.1) is 10.2 Å². The minimum absolute atomic E-state index is 0.0911. The van der Waals surface area contributed by atoms with Crippen LogP contribution in [0.15, 0.2) is 17.4 Å². The van der Waals surface area contributed by atoms with Crippen molar-refractivity contribution >= 4 is 40.6 Å². The van der Waals surface area contributed by atoms with Crippen LogP contribution in [0.1, 0.15) is 0 Å². The van der Waals surface area contributed by atoms with Crippen LogP contribution in [0.3, 0.4) is 0 Å². The van der Waals surface area contributed by atoms with Gasteiger partial charge >= 0.3 is 0 Å². The molecule has 2 heterocycles. The SMILES string of the molecule is OCCSc1nnc2c(Cl)cc(Cl)cn12. The summed E-state index contributed by atoms with van der Waals surface area (Å²) in [5, 5.41) is 18.3. The first-order chi connectivity index (χ1) is 7.22. The minimum atomic E-state index is 0.0911. The fourth-order valence-corrected chi connectivity index (χ4v) is 2.30. The molecule has 0 aliphatic heterocycles. The van der Waals surface area contributed by atoms with Gasteiger partial charge in [0.2, 0.25) is 0 Å². The number of hydrogen-bond donors (Lipinski definition) is 1. The monoisotopic (exact) mass is 263 g/mol. The molecule has 0 aliphatic rings. The van der Waals surface area contributed by atoms with Crippen LogP contribution in [0.4, 0.5) is 0 Å². The Morgan fingerprint density at radius 3 is 2.93 bits per heavy atom. The Hall–Kier alpha value is -0.490. The molecule has 7 heteroatoms. The molecule has 0 unspecified atom stereocenters. The lowest BCUT2D eigenvalue weighted by atomic mass is 10.5. The van der Waals surface area contributed by atoms with Crippen LogP contribution in [0, 0.1) is 0 Å². The van der Waals surface area contributed by atoms with Gasteiger partial charge in [0.05, 0.1) is 16.7 Å². The Balaban J connectivity index is 2.49. The van der Waals surface area contributed by atoms with Gasteiger partial charge in [-0.05, 0) is 6.07 Å². The molecule has 2 aromatic rings. The molecule has 15 heavy (non-hydrogen) atoms. The topological polar surface area (TPSA) is 50.4 Å². The molecule has 0 radical (unpaired) electrons. The van der Waals surface area contributed by atoms with E-state index >= 15 is 0 Å². The number of rotatable bonds is 3. The largest absolute Gasteiger partial charge is 0.396 e. The first kappa shape index (κ1) is 11.0. The summed E-state index contributed by atoms with van der Waals surface area (Å²) < 4.78 is 1.71. The molecule has 0 atom stereocenters. The van der Waals surface area contributed by atoms with Gasteiger partial charge in [0.15, 0.2) is 10.8 Å². The zero-order chi connectivity index (χ0) is 10.8. The van der Waals surface area contributed by atoms with E-state index < -0.39 is 0 Å². The van der Waals surface area contributed by atoms with Crippen LogP contribution in [-0.2, 0) is 0 Å². The molecule has 0 aliphatic carbocycles. The summed E-state index contributed by atoms with van der Waals surface area (Å²) in [6.07, 6.45) is 1.70. The van der Waals surface area contributed by atoms with Gasteiger partial charge in [0.1, 0.15) is 0 Å². The van der Waals surface area contributed by atoms with Crippen molar-refractivity contribution in [2.45, 2.75) is 5.16 Å². The average Bonchev–Trinajstić information content (AvgIpc) is 2.58. The number of halogens is 2. The lowest BCUT2D eigenvalue weighted by molar-refractivity contribution is 0.322. The number of thioether (sulfide) groups is 1. The fraction of sp³-hybridized carbons (Fsp3) is 0.250. The molecule has 0 bridgehead atoms. The van der Waals surface area contributed by atoms with E-state index in [2.05, 4.69) is 10.2 Å². The molecule has 0 spiro atoms. The molecule has 80 valence electrons. The molecule has 0 fully saturated rings. The quantitative estimate of drug-likeness (QED) is 0.863. The van der Waals surface area contributed by atoms with E-state index in [1.54, 1.807) is 16.7 Å². The minimum Gasteiger partial charge on any atom is -0.396 e. The average molecular weight is 264 g/mol. The fourth-order valence-electron chi connectivity index (χ4n) is 1.14. The van der Waals surface area contributed by atoms with Crippen LogP contribution in [0.25, 0.3) is 5.65 Å². The molecule has 0 aromatic carbocycles. The highest BCUT2D eigenvalue weighted by Crippen LogP contribution is 2.24. The third-order valence-electron chi connectivity index (χ3n) is 1.72. The molecule has 0 saturated heterocycles. The number of hydrogen-bond acceptors (Lipinski definition) is 4. The summed E-state index contributed by atoms with van der Waals surface area (Å²) in [5.74, 6) is 0.560. The maximum Gasteiger partial charge on any atom is 0.195 e. The van der Waals surface area contributed by atoms with Gasteiger partial charge in [0, 0.05) is 11.9 Å². The highest BCUT2D eigenvalue weighted by molar-refractivity contribution is 7.99. The lowest BCUT2D eigenvalue weighted by Crippen LogP contribution is -1.91. The van der Waals surface area contributed by atoms with Crippen LogP contribution in [0.5, 0.6) is 0 Å². The summed E-state index contributed by atoms with van der Waals surface area (Å²) in [6.45, 7) is 0.0911. The highest BCUT2D eigenvalue weighted by Gasteiger charge is 2.09. The van der Waals surface area contributed by atoms with Gasteiger partial charge < -0.3 is 5.11 Å². The second-order valence-corrected chi connectivity index (χ2v) is 4.66. The maximum absolute atomic E-state index is 8.72. The molecule has 0 amide bonds. The maximum atomic E-state index is 8.72. The van der Waals surface area contributed by atoms with Crippen molar-refractivity contribution in [2.75, 3.05) is 12.4 Å². The van der Waals surface area contributed by atoms with Crippen molar-refractivity contribution in [3.63, 3.8) is 0 Å². The Morgan fingerprint density at radius 1 is 1.40 bits per heavy atom. The zero-order valence-corrected chi connectivity index (χ0v) is 9.85. The van der Waals surface area contributed by atoms with Crippen molar-refractivity contribution in [3.05, 3.63) is 22.3 Å². The van der Waals surface area contributed by atoms with E-state index in [1.807, 2.05) is 0 Å².